The van der Waals surface area contributed by atoms with Crippen molar-refractivity contribution in [2.45, 2.75) is 19.8 Å². The number of unbranched alkanes of at least 4 members (excludes halogenated alkanes) is 1. The van der Waals surface area contributed by atoms with E-state index < -0.39 is 0 Å². The fraction of sp³-hybridized carbons (Fsp3) is 0.571. The molecule has 0 aliphatic rings. The van der Waals surface area contributed by atoms with E-state index in [1.165, 1.54) is 0 Å². The van der Waals surface area contributed by atoms with Gasteiger partial charge in [0.2, 0.25) is 0 Å². The van der Waals surface area contributed by atoms with Gasteiger partial charge in [-0.2, -0.15) is 5.26 Å². The molecule has 0 heterocycles. The van der Waals surface area contributed by atoms with Crippen LogP contribution >= 0.6 is 0 Å². The van der Waals surface area contributed by atoms with Crippen LogP contribution in [-0.2, 0) is 0 Å². The first-order chi connectivity index (χ1) is 4.31. The van der Waals surface area contributed by atoms with Crippen LogP contribution < -0.4 is 0 Å². The van der Waals surface area contributed by atoms with Crippen LogP contribution in [0, 0.1) is 11.3 Å². The molecule has 0 unspecified atom stereocenters. The molecular weight excluding hydrogens is 114 g/mol. The lowest BCUT2D eigenvalue weighted by molar-refractivity contribution is 0.289. The molecular formula is C7H11NO. The summed E-state index contributed by atoms with van der Waals surface area (Å²) in [6, 6.07) is 2.00. The molecule has 0 fully saturated rings. The lowest BCUT2D eigenvalue weighted by atomic mass is 10.2. The van der Waals surface area contributed by atoms with E-state index in [1.54, 1.807) is 6.92 Å². The van der Waals surface area contributed by atoms with Crippen molar-refractivity contribution in [1.29, 1.82) is 5.26 Å². The minimum absolute atomic E-state index is 0.204. The SMILES string of the molecule is C/C(C#N)=C/CCCO. The van der Waals surface area contributed by atoms with E-state index in [-0.39, 0.29) is 6.61 Å². The van der Waals surface area contributed by atoms with Crippen LogP contribution in [0.1, 0.15) is 19.8 Å². The highest BCUT2D eigenvalue weighted by Gasteiger charge is 1.82. The summed E-state index contributed by atoms with van der Waals surface area (Å²) in [7, 11) is 0. The summed E-state index contributed by atoms with van der Waals surface area (Å²) in [5, 5.41) is 16.6. The first-order valence-electron chi connectivity index (χ1n) is 2.99. The fourth-order valence-corrected chi connectivity index (χ4v) is 0.455. The molecule has 0 saturated carbocycles. The lowest BCUT2D eigenvalue weighted by Gasteiger charge is -1.87. The normalized spacial score (nSPS) is 11.0. The Hall–Kier alpha value is -0.810. The van der Waals surface area contributed by atoms with Crippen molar-refractivity contribution in [1.82, 2.24) is 0 Å². The number of aliphatic hydroxyl groups excluding tert-OH is 1. The molecule has 0 spiro atoms. The van der Waals surface area contributed by atoms with Crippen molar-refractivity contribution < 1.29 is 5.11 Å². The van der Waals surface area contributed by atoms with Gasteiger partial charge in [0, 0.05) is 12.2 Å². The molecule has 2 nitrogen and oxygen atoms in total. The van der Waals surface area contributed by atoms with Gasteiger partial charge in [-0.25, -0.2) is 0 Å². The predicted octanol–water partition coefficient (Wildman–Crippen LogP) is 1.23. The maximum Gasteiger partial charge on any atom is 0.0940 e. The standard InChI is InChI=1S/C7H11NO/c1-7(6-8)4-2-3-5-9/h4,9H,2-3,5H2,1H3/b7-4-. The minimum Gasteiger partial charge on any atom is -0.396 e. The zero-order valence-corrected chi connectivity index (χ0v) is 5.59. The molecule has 0 atom stereocenters. The lowest BCUT2D eigenvalue weighted by Crippen LogP contribution is -1.79. The van der Waals surface area contributed by atoms with Crippen molar-refractivity contribution in [3.8, 4) is 6.07 Å². The summed E-state index contributed by atoms with van der Waals surface area (Å²) in [6.07, 6.45) is 3.38. The van der Waals surface area contributed by atoms with E-state index in [4.69, 9.17) is 10.4 Å². The van der Waals surface area contributed by atoms with Crippen molar-refractivity contribution in [3.05, 3.63) is 11.6 Å². The highest BCUT2D eigenvalue weighted by molar-refractivity contribution is 5.16. The van der Waals surface area contributed by atoms with E-state index in [9.17, 15) is 0 Å². The Morgan fingerprint density at radius 1 is 1.78 bits per heavy atom. The topological polar surface area (TPSA) is 44.0 Å². The van der Waals surface area contributed by atoms with Crippen molar-refractivity contribution in [2.75, 3.05) is 6.61 Å². The molecule has 0 radical (unpaired) electrons. The van der Waals surface area contributed by atoms with E-state index in [0.717, 1.165) is 18.4 Å². The Bertz CT molecular complexity index is 132. The molecule has 1 N–H and O–H groups in total. The Labute approximate surface area is 55.4 Å². The molecule has 9 heavy (non-hydrogen) atoms. The van der Waals surface area contributed by atoms with Gasteiger partial charge in [0.15, 0.2) is 0 Å². The number of rotatable bonds is 3. The molecule has 0 amide bonds. The zero-order chi connectivity index (χ0) is 7.11. The maximum absolute atomic E-state index is 8.34. The van der Waals surface area contributed by atoms with Gasteiger partial charge in [-0.3, -0.25) is 0 Å². The summed E-state index contributed by atoms with van der Waals surface area (Å²) < 4.78 is 0. The first-order valence-corrected chi connectivity index (χ1v) is 2.99. The van der Waals surface area contributed by atoms with Gasteiger partial charge in [-0.15, -0.1) is 0 Å². The number of aliphatic hydroxyl groups is 1. The molecule has 0 aromatic heterocycles. The van der Waals surface area contributed by atoms with E-state index in [0.29, 0.717) is 0 Å². The van der Waals surface area contributed by atoms with Crippen LogP contribution in [0.2, 0.25) is 0 Å². The van der Waals surface area contributed by atoms with Gasteiger partial charge < -0.3 is 5.11 Å². The molecule has 0 saturated heterocycles. The van der Waals surface area contributed by atoms with Crippen LogP contribution in [0.5, 0.6) is 0 Å². The second-order valence-electron chi connectivity index (χ2n) is 1.86. The maximum atomic E-state index is 8.34. The van der Waals surface area contributed by atoms with Crippen LogP contribution in [0.15, 0.2) is 11.6 Å². The van der Waals surface area contributed by atoms with Crippen molar-refractivity contribution in [3.63, 3.8) is 0 Å². The summed E-state index contributed by atoms with van der Waals surface area (Å²) in [5.74, 6) is 0. The van der Waals surface area contributed by atoms with Crippen LogP contribution in [0.4, 0.5) is 0 Å². The largest absolute Gasteiger partial charge is 0.396 e. The third kappa shape index (κ3) is 5.05. The average Bonchev–Trinajstić information content (AvgIpc) is 1.89. The molecule has 0 aliphatic carbocycles. The first kappa shape index (κ1) is 8.19. The summed E-state index contributed by atoms with van der Waals surface area (Å²) in [5.41, 5.74) is 0.725. The Balaban J connectivity index is 3.35. The number of hydrogen-bond donors (Lipinski definition) is 1. The van der Waals surface area contributed by atoms with E-state index in [2.05, 4.69) is 0 Å². The van der Waals surface area contributed by atoms with Crippen LogP contribution in [-0.4, -0.2) is 11.7 Å². The van der Waals surface area contributed by atoms with Gasteiger partial charge in [-0.05, 0) is 19.8 Å². The van der Waals surface area contributed by atoms with Gasteiger partial charge in [-0.1, -0.05) is 6.08 Å². The molecule has 0 rings (SSSR count). The minimum atomic E-state index is 0.204. The molecule has 0 aromatic rings. The summed E-state index contributed by atoms with van der Waals surface area (Å²) >= 11 is 0. The number of allylic oxidation sites excluding steroid dienone is 2. The van der Waals surface area contributed by atoms with E-state index in [1.807, 2.05) is 12.1 Å². The molecule has 2 heteroatoms. The third-order valence-electron chi connectivity index (χ3n) is 0.989. The average molecular weight is 125 g/mol. The Morgan fingerprint density at radius 2 is 2.44 bits per heavy atom. The second-order valence-corrected chi connectivity index (χ2v) is 1.86. The molecule has 50 valence electrons. The third-order valence-corrected chi connectivity index (χ3v) is 0.989. The van der Waals surface area contributed by atoms with Gasteiger partial charge in [0.25, 0.3) is 0 Å². The van der Waals surface area contributed by atoms with Crippen molar-refractivity contribution >= 4 is 0 Å². The smallest absolute Gasteiger partial charge is 0.0940 e. The van der Waals surface area contributed by atoms with Crippen LogP contribution in [0.25, 0.3) is 0 Å². The molecule has 0 bridgehead atoms. The van der Waals surface area contributed by atoms with Crippen molar-refractivity contribution in [2.24, 2.45) is 0 Å². The Kier molecular flexibility index (Phi) is 4.85. The Morgan fingerprint density at radius 3 is 2.89 bits per heavy atom. The van der Waals surface area contributed by atoms with Gasteiger partial charge in [0.05, 0.1) is 6.07 Å². The zero-order valence-electron chi connectivity index (χ0n) is 5.59. The number of nitrogens with zero attached hydrogens (tertiary/aromatic N) is 1. The quantitative estimate of drug-likeness (QED) is 0.455. The molecule has 0 aromatic carbocycles. The van der Waals surface area contributed by atoms with Gasteiger partial charge >= 0.3 is 0 Å². The number of hydrogen-bond acceptors (Lipinski definition) is 2. The monoisotopic (exact) mass is 125 g/mol. The van der Waals surface area contributed by atoms with Crippen LogP contribution in [0.3, 0.4) is 0 Å². The van der Waals surface area contributed by atoms with E-state index >= 15 is 0 Å². The highest BCUT2D eigenvalue weighted by Crippen LogP contribution is 1.95. The second kappa shape index (κ2) is 5.33. The fourth-order valence-electron chi connectivity index (χ4n) is 0.455. The number of nitriles is 1. The summed E-state index contributed by atoms with van der Waals surface area (Å²) in [6.45, 7) is 1.96. The molecule has 0 aliphatic heterocycles. The predicted molar refractivity (Wildman–Crippen MR) is 35.7 cm³/mol. The van der Waals surface area contributed by atoms with Gasteiger partial charge in [0.1, 0.15) is 0 Å². The summed E-state index contributed by atoms with van der Waals surface area (Å²) in [4.78, 5) is 0. The highest BCUT2D eigenvalue weighted by atomic mass is 16.2.